The Morgan fingerprint density at radius 3 is 2.70 bits per heavy atom. The van der Waals surface area contributed by atoms with Crippen LogP contribution in [0.1, 0.15) is 11.3 Å². The molecule has 1 N–H and O–H groups in total. The first kappa shape index (κ1) is 15.2. The number of benzene rings is 2. The van der Waals surface area contributed by atoms with E-state index in [1.165, 1.54) is 0 Å². The van der Waals surface area contributed by atoms with Crippen LogP contribution in [0, 0.1) is 6.92 Å². The van der Waals surface area contributed by atoms with Gasteiger partial charge in [-0.15, -0.1) is 0 Å². The minimum atomic E-state index is -0.137. The van der Waals surface area contributed by atoms with Crippen LogP contribution in [0.4, 0.5) is 0 Å². The number of carbonyl (C=O) groups is 1. The first-order chi connectivity index (χ1) is 11.2. The van der Waals surface area contributed by atoms with E-state index in [2.05, 4.69) is 5.32 Å². The lowest BCUT2D eigenvalue weighted by atomic mass is 10.2. The van der Waals surface area contributed by atoms with Gasteiger partial charge in [-0.3, -0.25) is 4.79 Å². The molecule has 0 spiro atoms. The molecular weight excluding hydrogens is 290 g/mol. The van der Waals surface area contributed by atoms with Crippen molar-refractivity contribution in [3.8, 4) is 5.75 Å². The summed E-state index contributed by atoms with van der Waals surface area (Å²) in [6.45, 7) is 2.55. The van der Waals surface area contributed by atoms with E-state index in [1.807, 2.05) is 61.5 Å². The number of carbonyl (C=O) groups excluding carboxylic acids is 1. The molecule has 0 radical (unpaired) electrons. The Bertz CT molecular complexity index is 757. The van der Waals surface area contributed by atoms with Gasteiger partial charge in [0.2, 0.25) is 0 Å². The van der Waals surface area contributed by atoms with Crippen molar-refractivity contribution in [3.05, 3.63) is 65.9 Å². The van der Waals surface area contributed by atoms with Crippen LogP contribution < -0.4 is 10.1 Å². The molecule has 0 saturated heterocycles. The van der Waals surface area contributed by atoms with Gasteiger partial charge in [-0.1, -0.05) is 35.9 Å². The van der Waals surface area contributed by atoms with E-state index in [1.54, 1.807) is 0 Å². The topological polar surface area (TPSA) is 51.5 Å². The van der Waals surface area contributed by atoms with Crippen molar-refractivity contribution in [2.24, 2.45) is 0 Å². The number of para-hydroxylation sites is 1. The summed E-state index contributed by atoms with van der Waals surface area (Å²) >= 11 is 0. The number of amides is 1. The molecule has 0 saturated carbocycles. The fourth-order valence-corrected chi connectivity index (χ4v) is 2.32. The van der Waals surface area contributed by atoms with Gasteiger partial charge in [0, 0.05) is 18.4 Å². The van der Waals surface area contributed by atoms with E-state index in [9.17, 15) is 4.79 Å². The molecule has 0 aliphatic carbocycles. The lowest BCUT2D eigenvalue weighted by molar-refractivity contribution is -0.123. The molecule has 0 unspecified atom stereocenters. The summed E-state index contributed by atoms with van der Waals surface area (Å²) in [4.78, 5) is 11.8. The molecule has 1 amide bonds. The zero-order chi connectivity index (χ0) is 16.1. The lowest BCUT2D eigenvalue weighted by Gasteiger charge is -2.07. The molecule has 3 rings (SSSR count). The van der Waals surface area contributed by atoms with Gasteiger partial charge in [0.15, 0.2) is 6.61 Å². The van der Waals surface area contributed by atoms with Gasteiger partial charge in [-0.25, -0.2) is 0 Å². The van der Waals surface area contributed by atoms with Crippen molar-refractivity contribution < 1.29 is 13.9 Å². The Kier molecular flexibility index (Phi) is 4.62. The largest absolute Gasteiger partial charge is 0.484 e. The normalized spacial score (nSPS) is 10.7. The van der Waals surface area contributed by atoms with Crippen molar-refractivity contribution in [3.63, 3.8) is 0 Å². The molecule has 0 aliphatic heterocycles. The molecule has 0 atom stereocenters. The van der Waals surface area contributed by atoms with Crippen molar-refractivity contribution >= 4 is 16.9 Å². The van der Waals surface area contributed by atoms with Crippen LogP contribution in [0.2, 0.25) is 0 Å². The molecule has 4 heteroatoms. The maximum Gasteiger partial charge on any atom is 0.257 e. The molecule has 0 aliphatic rings. The average Bonchev–Trinajstić information content (AvgIpc) is 2.97. The highest BCUT2D eigenvalue weighted by molar-refractivity contribution is 5.78. The zero-order valence-corrected chi connectivity index (χ0v) is 13.0. The second-order valence-corrected chi connectivity index (χ2v) is 5.45. The van der Waals surface area contributed by atoms with Crippen LogP contribution in [-0.2, 0) is 11.2 Å². The van der Waals surface area contributed by atoms with Gasteiger partial charge in [0.25, 0.3) is 5.91 Å². The Morgan fingerprint density at radius 1 is 1.13 bits per heavy atom. The standard InChI is InChI=1S/C19H19NO3/c1-14-6-8-16(9-7-14)22-13-19(21)20-11-10-17-12-15-4-2-3-5-18(15)23-17/h2-9,12H,10-11,13H2,1H3,(H,20,21). The molecular formula is C19H19NO3. The summed E-state index contributed by atoms with van der Waals surface area (Å²) in [7, 11) is 0. The number of hydrogen-bond donors (Lipinski definition) is 1. The van der Waals surface area contributed by atoms with Gasteiger partial charge in [-0.2, -0.15) is 0 Å². The van der Waals surface area contributed by atoms with E-state index in [4.69, 9.17) is 9.15 Å². The Hall–Kier alpha value is -2.75. The van der Waals surface area contributed by atoms with Gasteiger partial charge >= 0.3 is 0 Å². The van der Waals surface area contributed by atoms with E-state index < -0.39 is 0 Å². The number of fused-ring (bicyclic) bond motifs is 1. The molecule has 1 heterocycles. The lowest BCUT2D eigenvalue weighted by Crippen LogP contribution is -2.30. The summed E-state index contributed by atoms with van der Waals surface area (Å²) in [5, 5.41) is 3.91. The minimum absolute atomic E-state index is 0.0171. The summed E-state index contributed by atoms with van der Waals surface area (Å²) < 4.78 is 11.1. The van der Waals surface area contributed by atoms with Crippen molar-refractivity contribution in [2.75, 3.05) is 13.2 Å². The summed E-state index contributed by atoms with van der Waals surface area (Å²) in [6, 6.07) is 17.5. The molecule has 0 fully saturated rings. The molecule has 3 aromatic rings. The number of furan rings is 1. The molecule has 1 aromatic heterocycles. The molecule has 23 heavy (non-hydrogen) atoms. The third-order valence-corrected chi connectivity index (χ3v) is 3.56. The van der Waals surface area contributed by atoms with Crippen LogP contribution in [0.25, 0.3) is 11.0 Å². The Morgan fingerprint density at radius 2 is 1.91 bits per heavy atom. The zero-order valence-electron chi connectivity index (χ0n) is 13.0. The molecule has 2 aromatic carbocycles. The Balaban J connectivity index is 1.43. The summed E-state index contributed by atoms with van der Waals surface area (Å²) in [6.07, 6.45) is 0.658. The highest BCUT2D eigenvalue weighted by atomic mass is 16.5. The third kappa shape index (κ3) is 4.13. The molecule has 0 bridgehead atoms. The fourth-order valence-electron chi connectivity index (χ4n) is 2.32. The number of nitrogens with one attached hydrogen (secondary N) is 1. The average molecular weight is 309 g/mol. The fraction of sp³-hybridized carbons (Fsp3) is 0.211. The highest BCUT2D eigenvalue weighted by Crippen LogP contribution is 2.18. The molecule has 4 nitrogen and oxygen atoms in total. The third-order valence-electron chi connectivity index (χ3n) is 3.56. The second-order valence-electron chi connectivity index (χ2n) is 5.45. The summed E-state index contributed by atoms with van der Waals surface area (Å²) in [5.74, 6) is 1.43. The van der Waals surface area contributed by atoms with Crippen LogP contribution in [0.3, 0.4) is 0 Å². The maximum atomic E-state index is 11.8. The van der Waals surface area contributed by atoms with Gasteiger partial charge in [0.05, 0.1) is 0 Å². The van der Waals surface area contributed by atoms with E-state index in [0.717, 1.165) is 22.3 Å². The smallest absolute Gasteiger partial charge is 0.257 e. The second kappa shape index (κ2) is 7.01. The van der Waals surface area contributed by atoms with Crippen molar-refractivity contribution in [1.82, 2.24) is 5.32 Å². The predicted octanol–water partition coefficient (Wildman–Crippen LogP) is 3.48. The first-order valence-corrected chi connectivity index (χ1v) is 7.64. The summed E-state index contributed by atoms with van der Waals surface area (Å²) in [5.41, 5.74) is 2.03. The number of ether oxygens (including phenoxy) is 1. The predicted molar refractivity (Wildman–Crippen MR) is 89.6 cm³/mol. The van der Waals surface area contributed by atoms with Crippen molar-refractivity contribution in [2.45, 2.75) is 13.3 Å². The van der Waals surface area contributed by atoms with Crippen LogP contribution in [0.5, 0.6) is 5.75 Å². The van der Waals surface area contributed by atoms with E-state index in [-0.39, 0.29) is 12.5 Å². The Labute approximate surface area is 135 Å². The van der Waals surface area contributed by atoms with Crippen LogP contribution in [-0.4, -0.2) is 19.1 Å². The minimum Gasteiger partial charge on any atom is -0.484 e. The quantitative estimate of drug-likeness (QED) is 0.758. The molecule has 118 valence electrons. The number of aryl methyl sites for hydroxylation is 1. The van der Waals surface area contributed by atoms with E-state index >= 15 is 0 Å². The van der Waals surface area contributed by atoms with E-state index in [0.29, 0.717) is 18.7 Å². The van der Waals surface area contributed by atoms with Crippen LogP contribution in [0.15, 0.2) is 59.0 Å². The van der Waals surface area contributed by atoms with Crippen LogP contribution >= 0.6 is 0 Å². The first-order valence-electron chi connectivity index (χ1n) is 7.64. The SMILES string of the molecule is Cc1ccc(OCC(=O)NCCc2cc3ccccc3o2)cc1. The van der Waals surface area contributed by atoms with Gasteiger partial charge in [-0.05, 0) is 31.2 Å². The highest BCUT2D eigenvalue weighted by Gasteiger charge is 2.05. The van der Waals surface area contributed by atoms with Gasteiger partial charge in [0.1, 0.15) is 17.1 Å². The maximum absolute atomic E-state index is 11.8. The number of hydrogen-bond acceptors (Lipinski definition) is 3. The van der Waals surface area contributed by atoms with Crippen molar-refractivity contribution in [1.29, 1.82) is 0 Å². The number of rotatable bonds is 6. The monoisotopic (exact) mass is 309 g/mol. The van der Waals surface area contributed by atoms with Gasteiger partial charge < -0.3 is 14.5 Å².